The number of nitrogens with zero attached hydrogens (tertiary/aromatic N) is 2. The van der Waals surface area contributed by atoms with Crippen LogP contribution in [0.25, 0.3) is 10.2 Å². The molecule has 0 aliphatic rings. The van der Waals surface area contributed by atoms with Crippen LogP contribution in [0.3, 0.4) is 0 Å². The fourth-order valence-electron chi connectivity index (χ4n) is 2.96. The highest BCUT2D eigenvalue weighted by atomic mass is 32.2. The Bertz CT molecular complexity index is 1150. The number of hydrogen-bond donors (Lipinski definition) is 1. The minimum atomic E-state index is -3.57. The Hall–Kier alpha value is -2.69. The van der Waals surface area contributed by atoms with Crippen molar-refractivity contribution in [3.8, 4) is 11.5 Å². The second-order valence-corrected chi connectivity index (χ2v) is 9.23. The average Bonchev–Trinajstić information content (AvgIpc) is 3.15. The molecule has 1 N–H and O–H groups in total. The molecule has 2 aromatic carbocycles. The van der Waals surface area contributed by atoms with Gasteiger partial charge in [-0.2, -0.15) is 4.31 Å². The van der Waals surface area contributed by atoms with Gasteiger partial charge in [0, 0.05) is 24.7 Å². The maximum absolute atomic E-state index is 12.6. The molecular formula is C20H23N3O5S2. The molecule has 1 amide bonds. The maximum Gasteiger partial charge on any atom is 0.257 e. The van der Waals surface area contributed by atoms with E-state index in [1.54, 1.807) is 34.1 Å². The number of amides is 1. The van der Waals surface area contributed by atoms with E-state index in [-0.39, 0.29) is 10.8 Å². The van der Waals surface area contributed by atoms with Gasteiger partial charge in [-0.1, -0.05) is 25.2 Å². The molecule has 0 bridgehead atoms. The molecule has 0 saturated carbocycles. The summed E-state index contributed by atoms with van der Waals surface area (Å²) in [5, 5.41) is 3.16. The topological polar surface area (TPSA) is 97.8 Å². The van der Waals surface area contributed by atoms with Gasteiger partial charge in [-0.15, -0.1) is 0 Å². The minimum absolute atomic E-state index is 0.152. The SMILES string of the molecule is CCN(CC)S(=O)(=O)c1ccc(C(=O)Nc2nc3c(OC)cc(OC)cc3s2)cc1. The van der Waals surface area contributed by atoms with Crippen LogP contribution >= 0.6 is 11.3 Å². The monoisotopic (exact) mass is 449 g/mol. The van der Waals surface area contributed by atoms with Crippen LogP contribution in [0.1, 0.15) is 24.2 Å². The molecular weight excluding hydrogens is 426 g/mol. The zero-order valence-electron chi connectivity index (χ0n) is 17.1. The molecule has 0 atom stereocenters. The van der Waals surface area contributed by atoms with E-state index in [2.05, 4.69) is 10.3 Å². The quantitative estimate of drug-likeness (QED) is 0.564. The van der Waals surface area contributed by atoms with Crippen LogP contribution in [0.5, 0.6) is 11.5 Å². The van der Waals surface area contributed by atoms with Gasteiger partial charge in [0.05, 0.1) is 23.8 Å². The van der Waals surface area contributed by atoms with E-state index in [9.17, 15) is 13.2 Å². The van der Waals surface area contributed by atoms with Gasteiger partial charge in [0.25, 0.3) is 5.91 Å². The van der Waals surface area contributed by atoms with Gasteiger partial charge in [-0.3, -0.25) is 10.1 Å². The Balaban J connectivity index is 1.83. The third-order valence-corrected chi connectivity index (χ3v) is 7.55. The first-order chi connectivity index (χ1) is 14.3. The molecule has 8 nitrogen and oxygen atoms in total. The third kappa shape index (κ3) is 4.25. The lowest BCUT2D eigenvalue weighted by atomic mass is 10.2. The summed E-state index contributed by atoms with van der Waals surface area (Å²) in [7, 11) is -0.463. The number of benzene rings is 2. The molecule has 0 radical (unpaired) electrons. The number of fused-ring (bicyclic) bond motifs is 1. The number of sulfonamides is 1. The van der Waals surface area contributed by atoms with Gasteiger partial charge in [0.1, 0.15) is 17.0 Å². The molecule has 1 heterocycles. The lowest BCUT2D eigenvalue weighted by molar-refractivity contribution is 0.102. The van der Waals surface area contributed by atoms with Crippen molar-refractivity contribution in [2.24, 2.45) is 0 Å². The lowest BCUT2D eigenvalue weighted by Crippen LogP contribution is -2.30. The first kappa shape index (κ1) is 22.0. The van der Waals surface area contributed by atoms with Crippen LogP contribution in [-0.4, -0.2) is 50.9 Å². The zero-order chi connectivity index (χ0) is 21.9. The van der Waals surface area contributed by atoms with Crippen molar-refractivity contribution < 1.29 is 22.7 Å². The van der Waals surface area contributed by atoms with E-state index in [4.69, 9.17) is 9.47 Å². The van der Waals surface area contributed by atoms with Crippen molar-refractivity contribution in [2.75, 3.05) is 32.6 Å². The second-order valence-electron chi connectivity index (χ2n) is 6.26. The van der Waals surface area contributed by atoms with Crippen molar-refractivity contribution in [1.29, 1.82) is 0 Å². The van der Waals surface area contributed by atoms with Gasteiger partial charge in [-0.05, 0) is 30.3 Å². The van der Waals surface area contributed by atoms with Crippen LogP contribution in [0.2, 0.25) is 0 Å². The summed E-state index contributed by atoms with van der Waals surface area (Å²) < 4.78 is 37.9. The Kier molecular flexibility index (Phi) is 6.59. The summed E-state index contributed by atoms with van der Waals surface area (Å²) in [6.45, 7) is 4.33. The molecule has 0 aliphatic carbocycles. The van der Waals surface area contributed by atoms with E-state index >= 15 is 0 Å². The largest absolute Gasteiger partial charge is 0.497 e. The Morgan fingerprint density at radius 2 is 1.77 bits per heavy atom. The number of aromatic nitrogens is 1. The van der Waals surface area contributed by atoms with Crippen molar-refractivity contribution in [3.05, 3.63) is 42.0 Å². The standard InChI is InChI=1S/C20H23N3O5S2/c1-5-23(6-2)30(25,26)15-9-7-13(8-10-15)19(24)22-20-21-18-16(28-4)11-14(27-3)12-17(18)29-20/h7-12H,5-6H2,1-4H3,(H,21,22,24). The van der Waals surface area contributed by atoms with Crippen LogP contribution in [0.15, 0.2) is 41.3 Å². The number of anilines is 1. The molecule has 0 aliphatic heterocycles. The first-order valence-electron chi connectivity index (χ1n) is 9.28. The Morgan fingerprint density at radius 1 is 1.10 bits per heavy atom. The van der Waals surface area contributed by atoms with E-state index < -0.39 is 10.0 Å². The number of carbonyl (C=O) groups excluding carboxylic acids is 1. The maximum atomic E-state index is 12.6. The van der Waals surface area contributed by atoms with Crippen LogP contribution in [0.4, 0.5) is 5.13 Å². The summed E-state index contributed by atoms with van der Waals surface area (Å²) in [6.07, 6.45) is 0. The van der Waals surface area contributed by atoms with E-state index in [0.717, 1.165) is 4.70 Å². The van der Waals surface area contributed by atoms with E-state index in [0.29, 0.717) is 40.8 Å². The highest BCUT2D eigenvalue weighted by Crippen LogP contribution is 2.36. The van der Waals surface area contributed by atoms with Gasteiger partial charge in [0.2, 0.25) is 10.0 Å². The molecule has 3 rings (SSSR count). The number of rotatable bonds is 8. The highest BCUT2D eigenvalue weighted by Gasteiger charge is 2.22. The Labute approximate surface area is 179 Å². The van der Waals surface area contributed by atoms with Crippen molar-refractivity contribution >= 4 is 42.6 Å². The second kappa shape index (κ2) is 8.99. The van der Waals surface area contributed by atoms with Gasteiger partial charge >= 0.3 is 0 Å². The van der Waals surface area contributed by atoms with Crippen molar-refractivity contribution in [3.63, 3.8) is 0 Å². The number of thiazole rings is 1. The Morgan fingerprint density at radius 3 is 2.33 bits per heavy atom. The van der Waals surface area contributed by atoms with Gasteiger partial charge in [-0.25, -0.2) is 13.4 Å². The van der Waals surface area contributed by atoms with Crippen LogP contribution < -0.4 is 14.8 Å². The number of carbonyl (C=O) groups is 1. The molecule has 10 heteroatoms. The van der Waals surface area contributed by atoms with Crippen LogP contribution in [0, 0.1) is 0 Å². The minimum Gasteiger partial charge on any atom is -0.497 e. The molecule has 160 valence electrons. The summed E-state index contributed by atoms with van der Waals surface area (Å²) in [5.74, 6) is 0.796. The molecule has 1 aromatic heterocycles. The number of methoxy groups -OCH3 is 2. The lowest BCUT2D eigenvalue weighted by Gasteiger charge is -2.18. The average molecular weight is 450 g/mol. The van der Waals surface area contributed by atoms with Gasteiger partial charge in [0.15, 0.2) is 5.13 Å². The fraction of sp³-hybridized carbons (Fsp3) is 0.300. The predicted octanol–water partition coefficient (Wildman–Crippen LogP) is 3.60. The summed E-state index contributed by atoms with van der Waals surface area (Å²) in [4.78, 5) is 17.2. The molecule has 30 heavy (non-hydrogen) atoms. The number of hydrogen-bond acceptors (Lipinski definition) is 7. The van der Waals surface area contributed by atoms with E-state index in [1.165, 1.54) is 39.9 Å². The highest BCUT2D eigenvalue weighted by molar-refractivity contribution is 7.89. The van der Waals surface area contributed by atoms with Crippen molar-refractivity contribution in [1.82, 2.24) is 9.29 Å². The normalized spacial score (nSPS) is 11.6. The zero-order valence-corrected chi connectivity index (χ0v) is 18.8. The molecule has 0 fully saturated rings. The van der Waals surface area contributed by atoms with Crippen LogP contribution in [-0.2, 0) is 10.0 Å². The number of ether oxygens (including phenoxy) is 2. The predicted molar refractivity (Wildman–Crippen MR) is 117 cm³/mol. The molecule has 0 spiro atoms. The molecule has 3 aromatic rings. The van der Waals surface area contributed by atoms with Crippen molar-refractivity contribution in [2.45, 2.75) is 18.7 Å². The summed E-state index contributed by atoms with van der Waals surface area (Å²) in [6, 6.07) is 9.40. The van der Waals surface area contributed by atoms with Gasteiger partial charge < -0.3 is 9.47 Å². The van der Waals surface area contributed by atoms with E-state index in [1.807, 2.05) is 6.07 Å². The third-order valence-electron chi connectivity index (χ3n) is 4.57. The fourth-order valence-corrected chi connectivity index (χ4v) is 5.33. The first-order valence-corrected chi connectivity index (χ1v) is 11.5. The molecule has 0 unspecified atom stereocenters. The smallest absolute Gasteiger partial charge is 0.257 e. The summed E-state index contributed by atoms with van der Waals surface area (Å²) >= 11 is 1.29. The molecule has 0 saturated heterocycles. The number of nitrogens with one attached hydrogen (secondary N) is 1. The summed E-state index contributed by atoms with van der Waals surface area (Å²) in [5.41, 5.74) is 0.955.